The van der Waals surface area contributed by atoms with Crippen LogP contribution >= 0.6 is 11.6 Å². The molecule has 1 aromatic carbocycles. The Hall–Kier alpha value is -0.530. The largest absolute Gasteiger partial charge is 0.325 e. The number of benzene rings is 1. The molecule has 0 heterocycles. The molecule has 0 aliphatic heterocycles. The summed E-state index contributed by atoms with van der Waals surface area (Å²) in [6.07, 6.45) is 8.39. The van der Waals surface area contributed by atoms with E-state index in [0.29, 0.717) is 0 Å². The molecule has 0 aromatic heterocycles. The highest BCUT2D eigenvalue weighted by atomic mass is 35.5. The Morgan fingerprint density at radius 1 is 1.18 bits per heavy atom. The Kier molecular flexibility index (Phi) is 4.11. The minimum atomic E-state index is -0.0323. The van der Waals surface area contributed by atoms with Crippen LogP contribution in [0.2, 0.25) is 5.02 Å². The lowest BCUT2D eigenvalue weighted by Gasteiger charge is -2.28. The van der Waals surface area contributed by atoms with E-state index in [-0.39, 0.29) is 5.54 Å². The van der Waals surface area contributed by atoms with Gasteiger partial charge in [-0.25, -0.2) is 0 Å². The van der Waals surface area contributed by atoms with E-state index in [1.165, 1.54) is 36.8 Å². The van der Waals surface area contributed by atoms with Crippen molar-refractivity contribution >= 4 is 11.6 Å². The van der Waals surface area contributed by atoms with Crippen LogP contribution in [0.3, 0.4) is 0 Å². The highest BCUT2D eigenvalue weighted by Crippen LogP contribution is 2.30. The summed E-state index contributed by atoms with van der Waals surface area (Å²) >= 11 is 6.30. The van der Waals surface area contributed by atoms with E-state index in [2.05, 4.69) is 19.1 Å². The van der Waals surface area contributed by atoms with Crippen molar-refractivity contribution in [3.8, 4) is 0 Å². The summed E-state index contributed by atoms with van der Waals surface area (Å²) < 4.78 is 0. The molecule has 0 unspecified atom stereocenters. The molecule has 2 N–H and O–H groups in total. The van der Waals surface area contributed by atoms with Crippen molar-refractivity contribution in [2.45, 2.75) is 57.4 Å². The van der Waals surface area contributed by atoms with Crippen LogP contribution in [-0.4, -0.2) is 5.54 Å². The topological polar surface area (TPSA) is 26.0 Å². The summed E-state index contributed by atoms with van der Waals surface area (Å²) in [7, 11) is 0. The second-order valence-corrected chi connectivity index (χ2v) is 5.96. The molecule has 0 saturated heterocycles. The maximum Gasteiger partial charge on any atom is 0.0441 e. The van der Waals surface area contributed by atoms with E-state index in [4.69, 9.17) is 17.3 Å². The number of hydrogen-bond acceptors (Lipinski definition) is 1. The van der Waals surface area contributed by atoms with Gasteiger partial charge in [-0.2, -0.15) is 0 Å². The molecule has 0 atom stereocenters. The lowest BCUT2D eigenvalue weighted by atomic mass is 9.85. The van der Waals surface area contributed by atoms with Gasteiger partial charge in [-0.3, -0.25) is 0 Å². The monoisotopic (exact) mass is 251 g/mol. The minimum Gasteiger partial charge on any atom is -0.325 e. The Balaban J connectivity index is 2.12. The molecule has 0 amide bonds. The SMILES string of the molecule is Cc1ccc(CC2(N)CCCCCC2)c(Cl)c1. The van der Waals surface area contributed by atoms with Crippen molar-refractivity contribution in [1.29, 1.82) is 0 Å². The van der Waals surface area contributed by atoms with Crippen LogP contribution < -0.4 is 5.73 Å². The van der Waals surface area contributed by atoms with Crippen molar-refractivity contribution in [2.75, 3.05) is 0 Å². The van der Waals surface area contributed by atoms with Gasteiger partial charge in [-0.05, 0) is 43.4 Å². The first-order chi connectivity index (χ1) is 8.09. The van der Waals surface area contributed by atoms with Crippen molar-refractivity contribution in [2.24, 2.45) is 5.73 Å². The minimum absolute atomic E-state index is 0.0323. The molecular weight excluding hydrogens is 230 g/mol. The third-order valence-electron chi connectivity index (χ3n) is 3.85. The van der Waals surface area contributed by atoms with Gasteiger partial charge in [0.1, 0.15) is 0 Å². The Labute approximate surface area is 109 Å². The first kappa shape index (κ1) is 12.9. The summed E-state index contributed by atoms with van der Waals surface area (Å²) in [5.41, 5.74) is 8.93. The highest BCUT2D eigenvalue weighted by molar-refractivity contribution is 6.31. The Bertz CT molecular complexity index is 379. The van der Waals surface area contributed by atoms with Crippen LogP contribution in [0.5, 0.6) is 0 Å². The summed E-state index contributed by atoms with van der Waals surface area (Å²) in [4.78, 5) is 0. The smallest absolute Gasteiger partial charge is 0.0441 e. The number of rotatable bonds is 2. The molecule has 0 spiro atoms. The summed E-state index contributed by atoms with van der Waals surface area (Å²) in [5, 5.41) is 0.874. The second-order valence-electron chi connectivity index (χ2n) is 5.55. The van der Waals surface area contributed by atoms with Crippen molar-refractivity contribution in [3.05, 3.63) is 34.3 Å². The molecule has 1 nitrogen and oxygen atoms in total. The van der Waals surface area contributed by atoms with Gasteiger partial charge < -0.3 is 5.73 Å². The van der Waals surface area contributed by atoms with Crippen LogP contribution in [0.25, 0.3) is 0 Å². The van der Waals surface area contributed by atoms with Gasteiger partial charge in [0.15, 0.2) is 0 Å². The molecule has 2 rings (SSSR count). The molecule has 1 aliphatic rings. The predicted octanol–water partition coefficient (Wildman–Crippen LogP) is 4.24. The molecule has 94 valence electrons. The maximum absolute atomic E-state index is 6.54. The molecule has 1 fully saturated rings. The average molecular weight is 252 g/mol. The predicted molar refractivity (Wildman–Crippen MR) is 74.5 cm³/mol. The third kappa shape index (κ3) is 3.46. The van der Waals surface area contributed by atoms with Crippen LogP contribution in [0, 0.1) is 6.92 Å². The average Bonchev–Trinajstić information content (AvgIpc) is 2.48. The van der Waals surface area contributed by atoms with Crippen molar-refractivity contribution in [1.82, 2.24) is 0 Å². The second kappa shape index (κ2) is 5.41. The fourth-order valence-electron chi connectivity index (χ4n) is 2.78. The van der Waals surface area contributed by atoms with Crippen LogP contribution in [0.15, 0.2) is 18.2 Å². The van der Waals surface area contributed by atoms with E-state index in [1.54, 1.807) is 0 Å². The molecule has 0 radical (unpaired) electrons. The molecule has 1 aliphatic carbocycles. The van der Waals surface area contributed by atoms with E-state index in [9.17, 15) is 0 Å². The van der Waals surface area contributed by atoms with Gasteiger partial charge in [-0.1, -0.05) is 49.4 Å². The van der Waals surface area contributed by atoms with Gasteiger partial charge in [0.05, 0.1) is 0 Å². The zero-order chi connectivity index (χ0) is 12.3. The van der Waals surface area contributed by atoms with Gasteiger partial charge in [0.25, 0.3) is 0 Å². The lowest BCUT2D eigenvalue weighted by molar-refractivity contribution is 0.369. The van der Waals surface area contributed by atoms with Crippen LogP contribution in [0.1, 0.15) is 49.7 Å². The fraction of sp³-hybridized carbons (Fsp3) is 0.600. The number of nitrogens with two attached hydrogens (primary N) is 1. The third-order valence-corrected chi connectivity index (χ3v) is 4.20. The van der Waals surface area contributed by atoms with Crippen LogP contribution in [-0.2, 0) is 6.42 Å². The quantitative estimate of drug-likeness (QED) is 0.782. The van der Waals surface area contributed by atoms with E-state index < -0.39 is 0 Å². The van der Waals surface area contributed by atoms with Gasteiger partial charge >= 0.3 is 0 Å². The number of aryl methyl sites for hydroxylation is 1. The highest BCUT2D eigenvalue weighted by Gasteiger charge is 2.27. The van der Waals surface area contributed by atoms with Gasteiger partial charge in [0, 0.05) is 10.6 Å². The normalized spacial score (nSPS) is 19.9. The summed E-state index contributed by atoms with van der Waals surface area (Å²) in [6.45, 7) is 2.07. The Morgan fingerprint density at radius 3 is 2.41 bits per heavy atom. The van der Waals surface area contributed by atoms with Gasteiger partial charge in [-0.15, -0.1) is 0 Å². The molecule has 1 aromatic rings. The fourth-order valence-corrected chi connectivity index (χ4v) is 3.09. The molecule has 2 heteroatoms. The van der Waals surface area contributed by atoms with Crippen LogP contribution in [0.4, 0.5) is 0 Å². The van der Waals surface area contributed by atoms with Crippen molar-refractivity contribution < 1.29 is 0 Å². The molecule has 17 heavy (non-hydrogen) atoms. The zero-order valence-electron chi connectivity index (χ0n) is 10.6. The number of halogens is 1. The molecular formula is C15H22ClN. The Morgan fingerprint density at radius 2 is 1.82 bits per heavy atom. The van der Waals surface area contributed by atoms with E-state index >= 15 is 0 Å². The lowest BCUT2D eigenvalue weighted by Crippen LogP contribution is -2.41. The van der Waals surface area contributed by atoms with E-state index in [1.807, 2.05) is 6.07 Å². The zero-order valence-corrected chi connectivity index (χ0v) is 11.4. The first-order valence-corrected chi connectivity index (χ1v) is 7.01. The molecule has 0 bridgehead atoms. The molecule has 1 saturated carbocycles. The first-order valence-electron chi connectivity index (χ1n) is 6.63. The standard InChI is InChI=1S/C15H22ClN/c1-12-6-7-13(14(16)10-12)11-15(17)8-4-2-3-5-9-15/h6-7,10H,2-5,8-9,11,17H2,1H3. The number of hydrogen-bond donors (Lipinski definition) is 1. The van der Waals surface area contributed by atoms with E-state index in [0.717, 1.165) is 24.3 Å². The summed E-state index contributed by atoms with van der Waals surface area (Å²) in [5.74, 6) is 0. The summed E-state index contributed by atoms with van der Waals surface area (Å²) in [6, 6.07) is 6.30. The maximum atomic E-state index is 6.54. The van der Waals surface area contributed by atoms with Crippen molar-refractivity contribution in [3.63, 3.8) is 0 Å². The van der Waals surface area contributed by atoms with Gasteiger partial charge in [0.2, 0.25) is 0 Å².